The first-order valence-corrected chi connectivity index (χ1v) is 8.18. The molecule has 132 valence electrons. The van der Waals surface area contributed by atoms with Gasteiger partial charge in [0.2, 0.25) is 0 Å². The van der Waals surface area contributed by atoms with Crippen LogP contribution in [0.1, 0.15) is 32.4 Å². The number of nitrogens with one attached hydrogen (secondary N) is 2. The Morgan fingerprint density at radius 3 is 2.30 bits per heavy atom. The number of aliphatic hydroxyl groups is 1. The first-order chi connectivity index (χ1) is 10.8. The minimum absolute atomic E-state index is 0. The molecule has 0 saturated heterocycles. The van der Waals surface area contributed by atoms with Crippen LogP contribution in [0.5, 0.6) is 0 Å². The van der Waals surface area contributed by atoms with Gasteiger partial charge in [0.15, 0.2) is 5.96 Å². The Hall–Kier alpha value is -0.860. The molecule has 5 nitrogen and oxygen atoms in total. The maximum Gasteiger partial charge on any atom is 0.191 e. The second-order valence-corrected chi connectivity index (χ2v) is 5.02. The van der Waals surface area contributed by atoms with Crippen LogP contribution in [0.15, 0.2) is 35.3 Å². The van der Waals surface area contributed by atoms with Crippen molar-refractivity contribution in [3.05, 3.63) is 35.9 Å². The molecule has 1 unspecified atom stereocenters. The fraction of sp³-hybridized carbons (Fsp3) is 0.588. The molecule has 0 aliphatic heterocycles. The van der Waals surface area contributed by atoms with Gasteiger partial charge in [0.25, 0.3) is 0 Å². The van der Waals surface area contributed by atoms with E-state index in [0.717, 1.165) is 25.6 Å². The molecule has 0 radical (unpaired) electrons. The summed E-state index contributed by atoms with van der Waals surface area (Å²) in [5.41, 5.74) is 1.29. The Morgan fingerprint density at radius 1 is 1.13 bits per heavy atom. The van der Waals surface area contributed by atoms with E-state index in [1.54, 1.807) is 0 Å². The predicted molar refractivity (Wildman–Crippen MR) is 109 cm³/mol. The van der Waals surface area contributed by atoms with Gasteiger partial charge in [-0.15, -0.1) is 24.0 Å². The number of hydrogen-bond acceptors (Lipinski definition) is 3. The molecule has 0 aliphatic rings. The van der Waals surface area contributed by atoms with E-state index in [0.29, 0.717) is 13.1 Å². The Morgan fingerprint density at radius 2 is 1.78 bits per heavy atom. The molecule has 1 atom stereocenters. The highest BCUT2D eigenvalue weighted by Crippen LogP contribution is 2.20. The maximum absolute atomic E-state index is 8.95. The Labute approximate surface area is 157 Å². The summed E-state index contributed by atoms with van der Waals surface area (Å²) in [6.07, 6.45) is 0. The number of aliphatic imine (C=N–C) groups is 1. The van der Waals surface area contributed by atoms with Crippen LogP contribution in [0.4, 0.5) is 0 Å². The number of nitrogens with zero attached hydrogens (tertiary/aromatic N) is 2. The van der Waals surface area contributed by atoms with E-state index in [2.05, 4.69) is 58.6 Å². The van der Waals surface area contributed by atoms with Gasteiger partial charge in [0.1, 0.15) is 0 Å². The zero-order valence-electron chi connectivity index (χ0n) is 14.5. The second-order valence-electron chi connectivity index (χ2n) is 5.02. The van der Waals surface area contributed by atoms with Crippen LogP contribution in [0.3, 0.4) is 0 Å². The molecular weight excluding hydrogens is 403 g/mol. The van der Waals surface area contributed by atoms with Gasteiger partial charge in [-0.1, -0.05) is 44.2 Å². The molecule has 0 bridgehead atoms. The second kappa shape index (κ2) is 13.6. The van der Waals surface area contributed by atoms with Crippen molar-refractivity contribution in [2.24, 2.45) is 4.99 Å². The average Bonchev–Trinajstić information content (AvgIpc) is 2.57. The molecule has 1 aromatic carbocycles. The van der Waals surface area contributed by atoms with E-state index in [1.165, 1.54) is 5.56 Å². The van der Waals surface area contributed by atoms with Crippen molar-refractivity contribution >= 4 is 29.9 Å². The van der Waals surface area contributed by atoms with Crippen molar-refractivity contribution < 1.29 is 5.11 Å². The van der Waals surface area contributed by atoms with E-state index in [1.807, 2.05) is 13.0 Å². The Kier molecular flexibility index (Phi) is 13.1. The minimum atomic E-state index is 0. The number of hydrogen-bond donors (Lipinski definition) is 3. The SMILES string of the molecule is CCNC(=NCC(c1ccccc1)N(CC)CC)NCCO.I. The molecule has 0 amide bonds. The first kappa shape index (κ1) is 22.1. The van der Waals surface area contributed by atoms with Gasteiger partial charge >= 0.3 is 0 Å². The van der Waals surface area contributed by atoms with Crippen LogP contribution in [0.2, 0.25) is 0 Å². The third-order valence-electron chi connectivity index (χ3n) is 3.61. The lowest BCUT2D eigenvalue weighted by Crippen LogP contribution is -2.39. The summed E-state index contributed by atoms with van der Waals surface area (Å²) in [5.74, 6) is 0.754. The number of halogens is 1. The van der Waals surface area contributed by atoms with Crippen molar-refractivity contribution in [3.63, 3.8) is 0 Å². The van der Waals surface area contributed by atoms with Crippen molar-refractivity contribution in [1.29, 1.82) is 0 Å². The van der Waals surface area contributed by atoms with Crippen LogP contribution in [0, 0.1) is 0 Å². The zero-order chi connectivity index (χ0) is 16.2. The smallest absolute Gasteiger partial charge is 0.191 e. The van der Waals surface area contributed by atoms with Gasteiger partial charge in [-0.2, -0.15) is 0 Å². The van der Waals surface area contributed by atoms with Gasteiger partial charge in [-0.3, -0.25) is 9.89 Å². The minimum Gasteiger partial charge on any atom is -0.395 e. The van der Waals surface area contributed by atoms with Gasteiger partial charge in [0, 0.05) is 13.1 Å². The third kappa shape index (κ3) is 7.99. The van der Waals surface area contributed by atoms with Crippen molar-refractivity contribution in [1.82, 2.24) is 15.5 Å². The van der Waals surface area contributed by atoms with Crippen molar-refractivity contribution in [3.8, 4) is 0 Å². The number of rotatable bonds is 9. The van der Waals surface area contributed by atoms with Gasteiger partial charge < -0.3 is 15.7 Å². The molecule has 23 heavy (non-hydrogen) atoms. The number of aliphatic hydroxyl groups excluding tert-OH is 1. The molecule has 0 heterocycles. The monoisotopic (exact) mass is 434 g/mol. The Balaban J connectivity index is 0.00000484. The molecule has 0 saturated carbocycles. The largest absolute Gasteiger partial charge is 0.395 e. The lowest BCUT2D eigenvalue weighted by atomic mass is 10.1. The number of guanidine groups is 1. The van der Waals surface area contributed by atoms with E-state index in [9.17, 15) is 0 Å². The van der Waals surface area contributed by atoms with Crippen molar-refractivity contribution in [2.45, 2.75) is 26.8 Å². The summed E-state index contributed by atoms with van der Waals surface area (Å²) < 4.78 is 0. The van der Waals surface area contributed by atoms with E-state index in [-0.39, 0.29) is 36.6 Å². The van der Waals surface area contributed by atoms with Gasteiger partial charge in [0.05, 0.1) is 19.2 Å². The molecule has 1 aromatic rings. The molecular formula is C17H31IN4O. The van der Waals surface area contributed by atoms with Gasteiger partial charge in [-0.05, 0) is 25.6 Å². The van der Waals surface area contributed by atoms with Crippen LogP contribution >= 0.6 is 24.0 Å². The fourth-order valence-electron chi connectivity index (χ4n) is 2.47. The van der Waals surface area contributed by atoms with E-state index >= 15 is 0 Å². The summed E-state index contributed by atoms with van der Waals surface area (Å²) in [5, 5.41) is 15.3. The lowest BCUT2D eigenvalue weighted by Gasteiger charge is -2.29. The summed E-state index contributed by atoms with van der Waals surface area (Å²) in [6, 6.07) is 10.8. The topological polar surface area (TPSA) is 59.9 Å². The maximum atomic E-state index is 8.95. The van der Waals surface area contributed by atoms with Crippen LogP contribution in [-0.2, 0) is 0 Å². The lowest BCUT2D eigenvalue weighted by molar-refractivity contribution is 0.224. The quantitative estimate of drug-likeness (QED) is 0.317. The number of likely N-dealkylation sites (N-methyl/N-ethyl adjacent to an activating group) is 1. The molecule has 0 aliphatic carbocycles. The molecule has 0 fully saturated rings. The predicted octanol–water partition coefficient (Wildman–Crippen LogP) is 2.23. The average molecular weight is 434 g/mol. The third-order valence-corrected chi connectivity index (χ3v) is 3.61. The zero-order valence-corrected chi connectivity index (χ0v) is 16.8. The standard InChI is InChI=1S/C17H30N4O.HI/c1-4-18-17(19-12-13-22)20-14-16(21(5-2)6-3)15-10-8-7-9-11-15;/h7-11,16,22H,4-6,12-14H2,1-3H3,(H2,18,19,20);1H. The summed E-state index contributed by atoms with van der Waals surface area (Å²) in [6.45, 7) is 10.5. The molecule has 3 N–H and O–H groups in total. The highest BCUT2D eigenvalue weighted by Gasteiger charge is 2.17. The fourth-order valence-corrected chi connectivity index (χ4v) is 2.47. The molecule has 0 aromatic heterocycles. The van der Waals surface area contributed by atoms with Crippen molar-refractivity contribution in [2.75, 3.05) is 39.3 Å². The van der Waals surface area contributed by atoms with Gasteiger partial charge in [-0.25, -0.2) is 0 Å². The Bertz CT molecular complexity index is 424. The highest BCUT2D eigenvalue weighted by atomic mass is 127. The van der Waals surface area contributed by atoms with Crippen LogP contribution in [-0.4, -0.2) is 55.3 Å². The molecule has 6 heteroatoms. The molecule has 0 spiro atoms. The normalized spacial score (nSPS) is 12.7. The summed E-state index contributed by atoms with van der Waals surface area (Å²) in [7, 11) is 0. The van der Waals surface area contributed by atoms with Crippen LogP contribution < -0.4 is 10.6 Å². The van der Waals surface area contributed by atoms with E-state index < -0.39 is 0 Å². The van der Waals surface area contributed by atoms with Crippen LogP contribution in [0.25, 0.3) is 0 Å². The number of benzene rings is 1. The molecule has 1 rings (SSSR count). The summed E-state index contributed by atoms with van der Waals surface area (Å²) in [4.78, 5) is 7.10. The first-order valence-electron chi connectivity index (χ1n) is 8.18. The summed E-state index contributed by atoms with van der Waals surface area (Å²) >= 11 is 0. The van der Waals surface area contributed by atoms with E-state index in [4.69, 9.17) is 5.11 Å². The highest BCUT2D eigenvalue weighted by molar-refractivity contribution is 14.0.